The molecule has 0 amide bonds. The van der Waals surface area contributed by atoms with Gasteiger partial charge >= 0.3 is 0 Å². The van der Waals surface area contributed by atoms with E-state index < -0.39 is 0 Å². The van der Waals surface area contributed by atoms with Crippen molar-refractivity contribution in [3.05, 3.63) is 6.20 Å². The number of morpholine rings is 1. The largest absolute Gasteiger partial charge is 0.475 e. The van der Waals surface area contributed by atoms with Crippen LogP contribution in [0.5, 0.6) is 5.88 Å². The van der Waals surface area contributed by atoms with Gasteiger partial charge in [0.2, 0.25) is 0 Å². The Morgan fingerprint density at radius 1 is 1.16 bits per heavy atom. The summed E-state index contributed by atoms with van der Waals surface area (Å²) in [4.78, 5) is 2.59. The molecule has 0 spiro atoms. The molecule has 7 nitrogen and oxygen atoms in total. The third-order valence-electron chi connectivity index (χ3n) is 5.20. The van der Waals surface area contributed by atoms with Gasteiger partial charge in [0.25, 0.3) is 5.88 Å². The van der Waals surface area contributed by atoms with E-state index in [-0.39, 0.29) is 0 Å². The fourth-order valence-electron chi connectivity index (χ4n) is 3.79. The van der Waals surface area contributed by atoms with Crippen LogP contribution in [0.2, 0.25) is 0 Å². The molecule has 25 heavy (non-hydrogen) atoms. The Bertz CT molecular complexity index is 508. The van der Waals surface area contributed by atoms with Gasteiger partial charge in [-0.25, -0.2) is 0 Å². The molecule has 2 heterocycles. The lowest BCUT2D eigenvalue weighted by atomic mass is 9.90. The van der Waals surface area contributed by atoms with E-state index in [1.165, 1.54) is 12.8 Å². The summed E-state index contributed by atoms with van der Waals surface area (Å²) in [7, 11) is 0. The van der Waals surface area contributed by atoms with Crippen molar-refractivity contribution in [2.24, 2.45) is 0 Å². The van der Waals surface area contributed by atoms with E-state index in [1.807, 2.05) is 17.8 Å². The number of hydrogen-bond donors (Lipinski definition) is 1. The Morgan fingerprint density at radius 2 is 1.88 bits per heavy atom. The SMILES string of the molecule is CCOCCCOc1nn(C2CCC(N3CCOCC3)CC2)cc1N. The van der Waals surface area contributed by atoms with Gasteiger partial charge in [0.1, 0.15) is 5.69 Å². The average Bonchev–Trinajstić information content (AvgIpc) is 3.03. The Hall–Kier alpha value is -1.31. The molecule has 1 aromatic rings. The van der Waals surface area contributed by atoms with E-state index in [4.69, 9.17) is 19.9 Å². The van der Waals surface area contributed by atoms with Gasteiger partial charge in [0.05, 0.1) is 32.1 Å². The predicted octanol–water partition coefficient (Wildman–Crippen LogP) is 2.09. The maximum absolute atomic E-state index is 6.07. The minimum Gasteiger partial charge on any atom is -0.475 e. The summed E-state index contributed by atoms with van der Waals surface area (Å²) in [6, 6.07) is 1.13. The zero-order chi connectivity index (χ0) is 17.5. The summed E-state index contributed by atoms with van der Waals surface area (Å²) in [6.07, 6.45) is 7.51. The standard InChI is InChI=1S/C18H32N4O3/c1-2-23-10-3-11-25-18-17(19)14-22(20-18)16-6-4-15(5-7-16)21-8-12-24-13-9-21/h14-16H,2-13,19H2,1H3. The van der Waals surface area contributed by atoms with E-state index in [1.54, 1.807) is 0 Å². The Balaban J connectivity index is 1.45. The fraction of sp³-hybridized carbons (Fsp3) is 0.833. The second-order valence-corrected chi connectivity index (χ2v) is 6.88. The highest BCUT2D eigenvalue weighted by Crippen LogP contribution is 2.33. The fourth-order valence-corrected chi connectivity index (χ4v) is 3.79. The second-order valence-electron chi connectivity index (χ2n) is 6.88. The van der Waals surface area contributed by atoms with Crippen LogP contribution in [0.3, 0.4) is 0 Å². The van der Waals surface area contributed by atoms with Gasteiger partial charge < -0.3 is 19.9 Å². The molecule has 0 bridgehead atoms. The van der Waals surface area contributed by atoms with E-state index in [0.29, 0.717) is 36.9 Å². The first-order chi connectivity index (χ1) is 12.3. The molecular formula is C18H32N4O3. The van der Waals surface area contributed by atoms with Crippen molar-refractivity contribution >= 4 is 5.69 Å². The van der Waals surface area contributed by atoms with Crippen LogP contribution in [0.4, 0.5) is 5.69 Å². The third kappa shape index (κ3) is 5.09. The van der Waals surface area contributed by atoms with Crippen molar-refractivity contribution < 1.29 is 14.2 Å². The number of aromatic nitrogens is 2. The first kappa shape index (κ1) is 18.5. The van der Waals surface area contributed by atoms with Crippen LogP contribution >= 0.6 is 0 Å². The minimum absolute atomic E-state index is 0.431. The number of nitrogens with two attached hydrogens (primary N) is 1. The average molecular weight is 352 g/mol. The highest BCUT2D eigenvalue weighted by Gasteiger charge is 2.28. The summed E-state index contributed by atoms with van der Waals surface area (Å²) >= 11 is 0. The highest BCUT2D eigenvalue weighted by molar-refractivity contribution is 5.46. The van der Waals surface area contributed by atoms with Gasteiger partial charge in [0, 0.05) is 38.8 Å². The highest BCUT2D eigenvalue weighted by atomic mass is 16.5. The molecule has 7 heteroatoms. The van der Waals surface area contributed by atoms with Gasteiger partial charge in [0.15, 0.2) is 0 Å². The number of nitrogen functional groups attached to an aromatic ring is 1. The maximum Gasteiger partial charge on any atom is 0.256 e. The van der Waals surface area contributed by atoms with Gasteiger partial charge in [-0.3, -0.25) is 9.58 Å². The van der Waals surface area contributed by atoms with Crippen LogP contribution in [0, 0.1) is 0 Å². The lowest BCUT2D eigenvalue weighted by Gasteiger charge is -2.38. The number of hydrogen-bond acceptors (Lipinski definition) is 6. The molecule has 142 valence electrons. The first-order valence-corrected chi connectivity index (χ1v) is 9.65. The topological polar surface area (TPSA) is 74.8 Å². The van der Waals surface area contributed by atoms with Crippen LogP contribution in [-0.2, 0) is 9.47 Å². The van der Waals surface area contributed by atoms with Crippen LogP contribution in [0.25, 0.3) is 0 Å². The van der Waals surface area contributed by atoms with Crippen LogP contribution in [0.15, 0.2) is 6.20 Å². The Morgan fingerprint density at radius 3 is 2.60 bits per heavy atom. The zero-order valence-electron chi connectivity index (χ0n) is 15.4. The summed E-state index contributed by atoms with van der Waals surface area (Å²) in [5.74, 6) is 0.562. The zero-order valence-corrected chi connectivity index (χ0v) is 15.4. The molecule has 0 atom stereocenters. The van der Waals surface area contributed by atoms with Gasteiger partial charge in [-0.2, -0.15) is 0 Å². The van der Waals surface area contributed by atoms with Gasteiger partial charge in [-0.15, -0.1) is 5.10 Å². The molecule has 1 saturated heterocycles. The third-order valence-corrected chi connectivity index (χ3v) is 5.20. The van der Waals surface area contributed by atoms with Crippen molar-refractivity contribution in [2.75, 3.05) is 51.9 Å². The first-order valence-electron chi connectivity index (χ1n) is 9.65. The molecule has 0 unspecified atom stereocenters. The van der Waals surface area contributed by atoms with E-state index >= 15 is 0 Å². The van der Waals surface area contributed by atoms with Crippen molar-refractivity contribution in [3.63, 3.8) is 0 Å². The molecule has 1 saturated carbocycles. The second kappa shape index (κ2) is 9.40. The Labute approximate surface area is 150 Å². The number of ether oxygens (including phenoxy) is 3. The Kier molecular flexibility index (Phi) is 6.95. The monoisotopic (exact) mass is 352 g/mol. The molecular weight excluding hydrogens is 320 g/mol. The van der Waals surface area contributed by atoms with Crippen LogP contribution in [0.1, 0.15) is 45.1 Å². The smallest absolute Gasteiger partial charge is 0.256 e. The summed E-state index contributed by atoms with van der Waals surface area (Å²) in [5, 5.41) is 4.58. The molecule has 0 aromatic carbocycles. The molecule has 2 N–H and O–H groups in total. The molecule has 2 fully saturated rings. The summed E-state index contributed by atoms with van der Waals surface area (Å²) < 4.78 is 18.5. The predicted molar refractivity (Wildman–Crippen MR) is 96.9 cm³/mol. The molecule has 2 aliphatic rings. The van der Waals surface area contributed by atoms with Crippen molar-refractivity contribution in [1.29, 1.82) is 0 Å². The van der Waals surface area contributed by atoms with E-state index in [2.05, 4.69) is 10.00 Å². The lowest BCUT2D eigenvalue weighted by molar-refractivity contribution is 0.00502. The van der Waals surface area contributed by atoms with Gasteiger partial charge in [-0.05, 0) is 32.6 Å². The molecule has 1 aliphatic carbocycles. The molecule has 0 radical (unpaired) electrons. The van der Waals surface area contributed by atoms with Crippen molar-refractivity contribution in [2.45, 2.75) is 51.1 Å². The molecule has 1 aromatic heterocycles. The quantitative estimate of drug-likeness (QED) is 0.722. The number of rotatable bonds is 8. The van der Waals surface area contributed by atoms with Crippen molar-refractivity contribution in [3.8, 4) is 5.88 Å². The van der Waals surface area contributed by atoms with Crippen molar-refractivity contribution in [1.82, 2.24) is 14.7 Å². The lowest BCUT2D eigenvalue weighted by Crippen LogP contribution is -2.45. The maximum atomic E-state index is 6.07. The van der Waals surface area contributed by atoms with Gasteiger partial charge in [-0.1, -0.05) is 0 Å². The van der Waals surface area contributed by atoms with Crippen LogP contribution < -0.4 is 10.5 Å². The molecule has 3 rings (SSSR count). The van der Waals surface area contributed by atoms with Crippen LogP contribution in [-0.4, -0.2) is 66.8 Å². The summed E-state index contributed by atoms with van der Waals surface area (Å²) in [6.45, 7) is 7.93. The number of nitrogens with zero attached hydrogens (tertiary/aromatic N) is 3. The van der Waals surface area contributed by atoms with E-state index in [9.17, 15) is 0 Å². The number of anilines is 1. The minimum atomic E-state index is 0.431. The normalized spacial score (nSPS) is 25.2. The summed E-state index contributed by atoms with van der Waals surface area (Å²) in [5.41, 5.74) is 6.70. The van der Waals surface area contributed by atoms with E-state index in [0.717, 1.165) is 52.2 Å². The molecule has 1 aliphatic heterocycles.